The molecule has 1 heterocycles. The molecule has 1 saturated heterocycles. The third-order valence-corrected chi connectivity index (χ3v) is 2.89. The molecule has 1 fully saturated rings. The molecule has 2 N–H and O–H groups in total. The number of halogens is 3. The molecule has 9 heteroatoms. The van der Waals surface area contributed by atoms with Gasteiger partial charge in [-0.1, -0.05) is 0 Å². The van der Waals surface area contributed by atoms with Crippen molar-refractivity contribution in [1.82, 2.24) is 10.2 Å². The molecule has 0 spiro atoms. The number of hydrogen-bond acceptors (Lipinski definition) is 3. The number of carboxylic acids is 1. The van der Waals surface area contributed by atoms with Gasteiger partial charge in [0, 0.05) is 13.0 Å². The number of nitrogens with zero attached hydrogens (tertiary/aromatic N) is 1. The standard InChI is InChI=1S/C10H13F3N2O4/c1-9(8(18)19,10(11,12)13)14-6(16)5-15-4-2-3-7(15)17/h2-5H2,1H3,(H,14,16)(H,18,19). The quantitative estimate of drug-likeness (QED) is 0.767. The van der Waals surface area contributed by atoms with Crippen LogP contribution in [-0.4, -0.2) is 52.6 Å². The number of amides is 2. The van der Waals surface area contributed by atoms with Gasteiger partial charge < -0.3 is 15.3 Å². The molecule has 0 saturated carbocycles. The van der Waals surface area contributed by atoms with Gasteiger partial charge in [-0.25, -0.2) is 4.79 Å². The van der Waals surface area contributed by atoms with E-state index in [2.05, 4.69) is 0 Å². The number of carbonyl (C=O) groups is 3. The Labute approximate surface area is 106 Å². The third-order valence-electron chi connectivity index (χ3n) is 2.89. The van der Waals surface area contributed by atoms with Gasteiger partial charge in [-0.15, -0.1) is 0 Å². The van der Waals surface area contributed by atoms with Crippen molar-refractivity contribution < 1.29 is 32.7 Å². The van der Waals surface area contributed by atoms with Crippen molar-refractivity contribution in [1.29, 1.82) is 0 Å². The lowest BCUT2D eigenvalue weighted by Crippen LogP contribution is -2.63. The molecule has 6 nitrogen and oxygen atoms in total. The first-order valence-corrected chi connectivity index (χ1v) is 5.47. The van der Waals surface area contributed by atoms with Gasteiger partial charge in [-0.05, 0) is 13.3 Å². The summed E-state index contributed by atoms with van der Waals surface area (Å²) >= 11 is 0. The fraction of sp³-hybridized carbons (Fsp3) is 0.700. The molecule has 108 valence electrons. The highest BCUT2D eigenvalue weighted by Gasteiger charge is 2.58. The van der Waals surface area contributed by atoms with Gasteiger partial charge >= 0.3 is 12.1 Å². The van der Waals surface area contributed by atoms with Crippen LogP contribution in [-0.2, 0) is 14.4 Å². The van der Waals surface area contributed by atoms with E-state index in [-0.39, 0.29) is 18.9 Å². The minimum Gasteiger partial charge on any atom is -0.479 e. The molecular formula is C10H13F3N2O4. The molecule has 0 aliphatic carbocycles. The summed E-state index contributed by atoms with van der Waals surface area (Å²) in [4.78, 5) is 34.4. The van der Waals surface area contributed by atoms with Crippen molar-refractivity contribution >= 4 is 17.8 Å². The summed E-state index contributed by atoms with van der Waals surface area (Å²) in [7, 11) is 0. The fourth-order valence-electron chi connectivity index (χ4n) is 1.61. The molecule has 1 unspecified atom stereocenters. The number of likely N-dealkylation sites (tertiary alicyclic amines) is 1. The maximum absolute atomic E-state index is 12.6. The number of carboxylic acid groups (broad SMARTS) is 1. The maximum atomic E-state index is 12.6. The number of alkyl halides is 3. The fourth-order valence-corrected chi connectivity index (χ4v) is 1.61. The highest BCUT2D eigenvalue weighted by atomic mass is 19.4. The van der Waals surface area contributed by atoms with E-state index in [9.17, 15) is 27.6 Å². The molecule has 0 aromatic rings. The van der Waals surface area contributed by atoms with Crippen LogP contribution in [0.4, 0.5) is 13.2 Å². The minimum absolute atomic E-state index is 0.239. The summed E-state index contributed by atoms with van der Waals surface area (Å²) in [5, 5.41) is 10.0. The molecule has 0 bridgehead atoms. The molecule has 1 atom stereocenters. The van der Waals surface area contributed by atoms with Crippen LogP contribution < -0.4 is 5.32 Å². The first kappa shape index (κ1) is 15.3. The molecule has 0 aromatic heterocycles. The zero-order chi connectivity index (χ0) is 14.8. The third kappa shape index (κ3) is 3.15. The van der Waals surface area contributed by atoms with E-state index in [1.165, 1.54) is 5.32 Å². The van der Waals surface area contributed by atoms with Gasteiger partial charge in [-0.3, -0.25) is 9.59 Å². The van der Waals surface area contributed by atoms with Crippen molar-refractivity contribution in [3.05, 3.63) is 0 Å². The smallest absolute Gasteiger partial charge is 0.422 e. The van der Waals surface area contributed by atoms with E-state index >= 15 is 0 Å². The summed E-state index contributed by atoms with van der Waals surface area (Å²) in [6.45, 7) is 0.0683. The van der Waals surface area contributed by atoms with Crippen LogP contribution >= 0.6 is 0 Å². The van der Waals surface area contributed by atoms with Crippen molar-refractivity contribution in [2.75, 3.05) is 13.1 Å². The van der Waals surface area contributed by atoms with Crippen LogP contribution in [0.2, 0.25) is 0 Å². The van der Waals surface area contributed by atoms with Gasteiger partial charge in [-0.2, -0.15) is 13.2 Å². The maximum Gasteiger partial charge on any atom is 0.422 e. The normalized spacial score (nSPS) is 19.2. The lowest BCUT2D eigenvalue weighted by atomic mass is 10.0. The predicted octanol–water partition coefficient (Wildman–Crippen LogP) is 0.131. The van der Waals surface area contributed by atoms with E-state index in [1.807, 2.05) is 0 Å². The number of nitrogens with one attached hydrogen (secondary N) is 1. The van der Waals surface area contributed by atoms with Crippen LogP contribution in [0.5, 0.6) is 0 Å². The second-order valence-electron chi connectivity index (χ2n) is 4.39. The van der Waals surface area contributed by atoms with E-state index in [0.29, 0.717) is 13.3 Å². The molecule has 0 radical (unpaired) electrons. The molecule has 2 amide bonds. The van der Waals surface area contributed by atoms with E-state index in [4.69, 9.17) is 5.11 Å². The van der Waals surface area contributed by atoms with Gasteiger partial charge in [0.25, 0.3) is 0 Å². The predicted molar refractivity (Wildman–Crippen MR) is 56.1 cm³/mol. The lowest BCUT2D eigenvalue weighted by Gasteiger charge is -2.29. The summed E-state index contributed by atoms with van der Waals surface area (Å²) in [6.07, 6.45) is -4.37. The van der Waals surface area contributed by atoms with Gasteiger partial charge in [0.15, 0.2) is 0 Å². The molecule has 1 aliphatic rings. The minimum atomic E-state index is -5.14. The number of carbonyl (C=O) groups excluding carboxylic acids is 2. The molecule has 0 aromatic carbocycles. The highest BCUT2D eigenvalue weighted by Crippen LogP contribution is 2.30. The van der Waals surface area contributed by atoms with E-state index in [1.54, 1.807) is 0 Å². The first-order chi connectivity index (χ1) is 8.58. The van der Waals surface area contributed by atoms with Crippen LogP contribution in [0.3, 0.4) is 0 Å². The monoisotopic (exact) mass is 282 g/mol. The largest absolute Gasteiger partial charge is 0.479 e. The number of aliphatic carboxylic acids is 1. The SMILES string of the molecule is CC(NC(=O)CN1CCCC1=O)(C(=O)O)C(F)(F)F. The Bertz CT molecular complexity index is 410. The first-order valence-electron chi connectivity index (χ1n) is 5.47. The Morgan fingerprint density at radius 1 is 1.42 bits per heavy atom. The average Bonchev–Trinajstić information content (AvgIpc) is 2.62. The van der Waals surface area contributed by atoms with Crippen molar-refractivity contribution in [2.24, 2.45) is 0 Å². The van der Waals surface area contributed by atoms with Gasteiger partial charge in [0.05, 0.1) is 6.54 Å². The van der Waals surface area contributed by atoms with Gasteiger partial charge in [0.1, 0.15) is 0 Å². The average molecular weight is 282 g/mol. The molecular weight excluding hydrogens is 269 g/mol. The van der Waals surface area contributed by atoms with Crippen LogP contribution in [0.1, 0.15) is 19.8 Å². The molecule has 1 rings (SSSR count). The summed E-state index contributed by atoms with van der Waals surface area (Å²) in [5.74, 6) is -3.70. The Kier molecular flexibility index (Phi) is 4.06. The summed E-state index contributed by atoms with van der Waals surface area (Å²) in [5.41, 5.74) is -3.37. The topological polar surface area (TPSA) is 86.7 Å². The molecule has 19 heavy (non-hydrogen) atoms. The second kappa shape index (κ2) is 5.06. The van der Waals surface area contributed by atoms with Crippen molar-refractivity contribution in [2.45, 2.75) is 31.5 Å². The Morgan fingerprint density at radius 2 is 2.00 bits per heavy atom. The summed E-state index contributed by atoms with van der Waals surface area (Å²) < 4.78 is 37.9. The number of rotatable bonds is 4. The van der Waals surface area contributed by atoms with E-state index in [0.717, 1.165) is 4.90 Å². The zero-order valence-corrected chi connectivity index (χ0v) is 10.1. The summed E-state index contributed by atoms with van der Waals surface area (Å²) in [6, 6.07) is 0. The lowest BCUT2D eigenvalue weighted by molar-refractivity contribution is -0.207. The van der Waals surface area contributed by atoms with Crippen LogP contribution in [0, 0.1) is 0 Å². The highest BCUT2D eigenvalue weighted by molar-refractivity contribution is 5.90. The second-order valence-corrected chi connectivity index (χ2v) is 4.39. The Balaban J connectivity index is 2.73. The van der Waals surface area contributed by atoms with Crippen LogP contribution in [0.15, 0.2) is 0 Å². The Morgan fingerprint density at radius 3 is 2.37 bits per heavy atom. The Hall–Kier alpha value is -1.80. The van der Waals surface area contributed by atoms with E-state index < -0.39 is 30.1 Å². The van der Waals surface area contributed by atoms with Crippen molar-refractivity contribution in [3.63, 3.8) is 0 Å². The van der Waals surface area contributed by atoms with Crippen LogP contribution in [0.25, 0.3) is 0 Å². The molecule has 1 aliphatic heterocycles. The zero-order valence-electron chi connectivity index (χ0n) is 10.1. The van der Waals surface area contributed by atoms with Crippen molar-refractivity contribution in [3.8, 4) is 0 Å². The van der Waals surface area contributed by atoms with Gasteiger partial charge in [0.2, 0.25) is 17.4 Å². The number of hydrogen-bond donors (Lipinski definition) is 2.